The molecule has 0 bridgehead atoms. The van der Waals surface area contributed by atoms with E-state index in [1.54, 1.807) is 6.08 Å². The largest absolute Gasteiger partial charge is 0.508 e. The van der Waals surface area contributed by atoms with Gasteiger partial charge in [0, 0.05) is 11.8 Å². The van der Waals surface area contributed by atoms with Crippen molar-refractivity contribution in [2.24, 2.45) is 5.41 Å². The van der Waals surface area contributed by atoms with Gasteiger partial charge < -0.3 is 9.84 Å². The Balaban J connectivity index is 2.98. The standard InChI is InChI=1S/C11H16O3/c1-5-6-7-8(12)9(11(2,3)4)14-10(7)13/h5,9,12H,1,6H2,2-4H3/t9-/m0/s1. The third kappa shape index (κ3) is 1.81. The predicted octanol–water partition coefficient (Wildman–Crippen LogP) is 2.35. The molecule has 1 N–H and O–H groups in total. The quantitative estimate of drug-likeness (QED) is 0.544. The number of rotatable bonds is 2. The molecule has 0 aromatic carbocycles. The summed E-state index contributed by atoms with van der Waals surface area (Å²) in [6, 6.07) is 0. The second kappa shape index (κ2) is 3.48. The molecule has 0 aromatic heterocycles. The van der Waals surface area contributed by atoms with Gasteiger partial charge in [0.15, 0.2) is 6.10 Å². The Morgan fingerprint density at radius 2 is 2.14 bits per heavy atom. The summed E-state index contributed by atoms with van der Waals surface area (Å²) in [5.41, 5.74) is 0.0581. The minimum Gasteiger partial charge on any atom is -0.508 e. The van der Waals surface area contributed by atoms with E-state index >= 15 is 0 Å². The number of aliphatic hydroxyl groups excluding tert-OH is 1. The van der Waals surface area contributed by atoms with Crippen molar-refractivity contribution in [2.75, 3.05) is 0 Å². The molecule has 0 fully saturated rings. The van der Waals surface area contributed by atoms with E-state index in [0.29, 0.717) is 12.0 Å². The average Bonchev–Trinajstić information content (AvgIpc) is 2.31. The van der Waals surface area contributed by atoms with Gasteiger partial charge in [-0.1, -0.05) is 26.8 Å². The third-order valence-electron chi connectivity index (χ3n) is 2.16. The average molecular weight is 196 g/mol. The molecule has 0 aromatic rings. The number of hydrogen-bond acceptors (Lipinski definition) is 3. The highest BCUT2D eigenvalue weighted by Gasteiger charge is 2.40. The van der Waals surface area contributed by atoms with Crippen LogP contribution in [0.2, 0.25) is 0 Å². The first kappa shape index (κ1) is 10.8. The van der Waals surface area contributed by atoms with Crippen molar-refractivity contribution in [1.82, 2.24) is 0 Å². The molecule has 3 nitrogen and oxygen atoms in total. The van der Waals surface area contributed by atoms with Crippen LogP contribution in [-0.2, 0) is 9.53 Å². The van der Waals surface area contributed by atoms with Crippen LogP contribution in [0.1, 0.15) is 27.2 Å². The first-order valence-electron chi connectivity index (χ1n) is 4.61. The number of carbonyl (C=O) groups excluding carboxylic acids is 1. The van der Waals surface area contributed by atoms with Gasteiger partial charge in [0.2, 0.25) is 0 Å². The number of carbonyl (C=O) groups is 1. The Morgan fingerprint density at radius 1 is 1.57 bits per heavy atom. The Bertz CT molecular complexity index is 294. The van der Waals surface area contributed by atoms with Crippen LogP contribution in [-0.4, -0.2) is 17.2 Å². The molecule has 0 saturated heterocycles. The highest BCUT2D eigenvalue weighted by Crippen LogP contribution is 2.34. The first-order valence-corrected chi connectivity index (χ1v) is 4.61. The summed E-state index contributed by atoms with van der Waals surface area (Å²) in [6.07, 6.45) is 1.42. The van der Waals surface area contributed by atoms with Gasteiger partial charge in [0.05, 0.1) is 5.57 Å². The molecule has 0 spiro atoms. The second-order valence-electron chi connectivity index (χ2n) is 4.51. The van der Waals surface area contributed by atoms with Crippen LogP contribution < -0.4 is 0 Å². The summed E-state index contributed by atoms with van der Waals surface area (Å²) in [5.74, 6) is -0.371. The Kier molecular flexibility index (Phi) is 2.69. The highest BCUT2D eigenvalue weighted by atomic mass is 16.6. The molecular weight excluding hydrogens is 180 g/mol. The van der Waals surface area contributed by atoms with Gasteiger partial charge in [-0.15, -0.1) is 6.58 Å². The van der Waals surface area contributed by atoms with Crippen LogP contribution in [0.25, 0.3) is 0 Å². The van der Waals surface area contributed by atoms with Crippen LogP contribution in [0, 0.1) is 5.41 Å². The molecular formula is C11H16O3. The summed E-state index contributed by atoms with van der Waals surface area (Å²) >= 11 is 0. The van der Waals surface area contributed by atoms with Crippen LogP contribution in [0.3, 0.4) is 0 Å². The monoisotopic (exact) mass is 196 g/mol. The van der Waals surface area contributed by atoms with Crippen LogP contribution in [0.5, 0.6) is 0 Å². The Labute approximate surface area is 84.1 Å². The van der Waals surface area contributed by atoms with E-state index in [9.17, 15) is 9.90 Å². The molecule has 0 aliphatic carbocycles. The lowest BCUT2D eigenvalue weighted by atomic mass is 9.87. The fraction of sp³-hybridized carbons (Fsp3) is 0.545. The van der Waals surface area contributed by atoms with Crippen molar-refractivity contribution in [1.29, 1.82) is 0 Å². The zero-order valence-corrected chi connectivity index (χ0v) is 8.83. The summed E-state index contributed by atoms with van der Waals surface area (Å²) in [5, 5.41) is 9.77. The number of hydrogen-bond donors (Lipinski definition) is 1. The molecule has 0 amide bonds. The van der Waals surface area contributed by atoms with Crippen molar-refractivity contribution in [2.45, 2.75) is 33.3 Å². The molecule has 1 aliphatic heterocycles. The van der Waals surface area contributed by atoms with E-state index in [1.165, 1.54) is 0 Å². The van der Waals surface area contributed by atoms with Gasteiger partial charge in [-0.2, -0.15) is 0 Å². The molecule has 14 heavy (non-hydrogen) atoms. The summed E-state index contributed by atoms with van der Waals surface area (Å²) in [4.78, 5) is 11.3. The van der Waals surface area contributed by atoms with Gasteiger partial charge >= 0.3 is 5.97 Å². The number of ether oxygens (including phenoxy) is 1. The van der Waals surface area contributed by atoms with Crippen molar-refractivity contribution in [3.8, 4) is 0 Å². The van der Waals surface area contributed by atoms with Gasteiger partial charge in [-0.05, 0) is 0 Å². The molecule has 0 radical (unpaired) electrons. The number of cyclic esters (lactones) is 1. The highest BCUT2D eigenvalue weighted by molar-refractivity contribution is 5.92. The van der Waals surface area contributed by atoms with Gasteiger partial charge in [0.1, 0.15) is 5.76 Å². The summed E-state index contributed by atoms with van der Waals surface area (Å²) in [7, 11) is 0. The number of allylic oxidation sites excluding steroid dienone is 1. The maximum atomic E-state index is 11.3. The van der Waals surface area contributed by atoms with Crippen molar-refractivity contribution < 1.29 is 14.6 Å². The molecule has 78 valence electrons. The lowest BCUT2D eigenvalue weighted by molar-refractivity contribution is -0.144. The zero-order valence-electron chi connectivity index (χ0n) is 8.83. The lowest BCUT2D eigenvalue weighted by Crippen LogP contribution is -2.28. The fourth-order valence-electron chi connectivity index (χ4n) is 1.42. The molecule has 0 unspecified atom stereocenters. The number of esters is 1. The smallest absolute Gasteiger partial charge is 0.338 e. The van der Waals surface area contributed by atoms with E-state index in [4.69, 9.17) is 4.74 Å². The van der Waals surface area contributed by atoms with E-state index in [2.05, 4.69) is 6.58 Å². The zero-order chi connectivity index (χ0) is 10.9. The second-order valence-corrected chi connectivity index (χ2v) is 4.51. The topological polar surface area (TPSA) is 46.5 Å². The summed E-state index contributed by atoms with van der Waals surface area (Å²) < 4.78 is 5.09. The first-order chi connectivity index (χ1) is 6.38. The lowest BCUT2D eigenvalue weighted by Gasteiger charge is -2.25. The normalized spacial score (nSPS) is 22.5. The molecule has 0 saturated carbocycles. The molecule has 3 heteroatoms. The van der Waals surface area contributed by atoms with Crippen molar-refractivity contribution >= 4 is 5.97 Å². The van der Waals surface area contributed by atoms with Crippen LogP contribution >= 0.6 is 0 Å². The number of aliphatic hydroxyl groups is 1. The minimum absolute atomic E-state index is 0.0578. The molecule has 1 atom stereocenters. The SMILES string of the molecule is C=CCC1=C(O)[C@@H](C(C)(C)C)OC1=O. The van der Waals surface area contributed by atoms with Crippen LogP contribution in [0.4, 0.5) is 0 Å². The molecule has 1 aliphatic rings. The van der Waals surface area contributed by atoms with Crippen molar-refractivity contribution in [3.05, 3.63) is 24.0 Å². The molecule has 1 heterocycles. The van der Waals surface area contributed by atoms with Gasteiger partial charge in [-0.25, -0.2) is 4.79 Å². The molecule has 1 rings (SSSR count). The van der Waals surface area contributed by atoms with E-state index in [1.807, 2.05) is 20.8 Å². The van der Waals surface area contributed by atoms with Crippen molar-refractivity contribution in [3.63, 3.8) is 0 Å². The predicted molar refractivity (Wildman–Crippen MR) is 53.8 cm³/mol. The maximum absolute atomic E-state index is 11.3. The maximum Gasteiger partial charge on any atom is 0.338 e. The third-order valence-corrected chi connectivity index (χ3v) is 2.16. The summed E-state index contributed by atoms with van der Waals surface area (Å²) in [6.45, 7) is 9.27. The van der Waals surface area contributed by atoms with E-state index < -0.39 is 12.1 Å². The Morgan fingerprint density at radius 3 is 2.50 bits per heavy atom. The Hall–Kier alpha value is -1.25. The van der Waals surface area contributed by atoms with Gasteiger partial charge in [0.25, 0.3) is 0 Å². The fourth-order valence-corrected chi connectivity index (χ4v) is 1.42. The minimum atomic E-state index is -0.523. The van der Waals surface area contributed by atoms with E-state index in [-0.39, 0.29) is 11.2 Å². The van der Waals surface area contributed by atoms with Gasteiger partial charge in [-0.3, -0.25) is 0 Å². The van der Waals surface area contributed by atoms with E-state index in [0.717, 1.165) is 0 Å². The van der Waals surface area contributed by atoms with Crippen LogP contribution in [0.15, 0.2) is 24.0 Å².